The zero-order valence-electron chi connectivity index (χ0n) is 14.8. The molecule has 1 atom stereocenters. The summed E-state index contributed by atoms with van der Waals surface area (Å²) >= 11 is 0. The van der Waals surface area contributed by atoms with E-state index in [0.29, 0.717) is 12.2 Å². The van der Waals surface area contributed by atoms with Crippen LogP contribution in [0.2, 0.25) is 0 Å². The minimum absolute atomic E-state index is 0.0315. The molecule has 132 valence electrons. The van der Waals surface area contributed by atoms with Gasteiger partial charge in [0.05, 0.1) is 0 Å². The number of pyridine rings is 1. The van der Waals surface area contributed by atoms with Crippen LogP contribution >= 0.6 is 0 Å². The molecule has 2 aliphatic heterocycles. The molecule has 25 heavy (non-hydrogen) atoms. The largest absolute Gasteiger partial charge is 0.337 e. The second-order valence-corrected chi connectivity index (χ2v) is 7.19. The maximum atomic E-state index is 12.8. The van der Waals surface area contributed by atoms with Gasteiger partial charge in [-0.25, -0.2) is 4.98 Å². The molecular weight excluding hydrogens is 314 g/mol. The second-order valence-electron chi connectivity index (χ2n) is 7.19. The van der Waals surface area contributed by atoms with E-state index in [1.807, 2.05) is 30.0 Å². The van der Waals surface area contributed by atoms with Crippen LogP contribution in [0.3, 0.4) is 0 Å². The van der Waals surface area contributed by atoms with Crippen molar-refractivity contribution in [1.82, 2.24) is 24.6 Å². The molecule has 0 bridgehead atoms. The number of aryl methyl sites for hydroxylation is 2. The fourth-order valence-electron chi connectivity index (χ4n) is 4.01. The lowest BCUT2D eigenvalue weighted by atomic mass is 9.96. The topological polar surface area (TPSA) is 63.9 Å². The summed E-state index contributed by atoms with van der Waals surface area (Å²) in [5.41, 5.74) is 1.42. The van der Waals surface area contributed by atoms with E-state index in [9.17, 15) is 4.79 Å². The molecule has 1 fully saturated rings. The number of aromatic nitrogens is 4. The average molecular weight is 339 g/mol. The zero-order chi connectivity index (χ0) is 17.2. The van der Waals surface area contributed by atoms with Gasteiger partial charge in [0.15, 0.2) is 0 Å². The molecule has 1 saturated heterocycles. The van der Waals surface area contributed by atoms with Crippen LogP contribution in [-0.4, -0.2) is 43.6 Å². The fourth-order valence-corrected chi connectivity index (χ4v) is 4.01. The van der Waals surface area contributed by atoms with Gasteiger partial charge in [-0.05, 0) is 44.7 Å². The third-order valence-corrected chi connectivity index (χ3v) is 5.32. The van der Waals surface area contributed by atoms with Gasteiger partial charge < -0.3 is 9.47 Å². The monoisotopic (exact) mass is 339 g/mol. The Hall–Kier alpha value is -2.24. The number of fused-ring (bicyclic) bond motifs is 1. The van der Waals surface area contributed by atoms with Crippen LogP contribution < -0.4 is 0 Å². The van der Waals surface area contributed by atoms with Gasteiger partial charge in [-0.15, -0.1) is 10.2 Å². The third-order valence-electron chi connectivity index (χ3n) is 5.32. The SMILES string of the molecule is Cc1cccc(C(=O)N2CCCC(c3nnc4n3CCCCC4)C2)n1. The minimum Gasteiger partial charge on any atom is -0.337 e. The molecule has 0 aliphatic carbocycles. The predicted molar refractivity (Wildman–Crippen MR) is 94.4 cm³/mol. The highest BCUT2D eigenvalue weighted by Gasteiger charge is 2.30. The Morgan fingerprint density at radius 2 is 2.04 bits per heavy atom. The fraction of sp³-hybridized carbons (Fsp3) is 0.579. The third kappa shape index (κ3) is 3.30. The summed E-state index contributed by atoms with van der Waals surface area (Å²) < 4.78 is 2.32. The van der Waals surface area contributed by atoms with Crippen molar-refractivity contribution >= 4 is 5.91 Å². The summed E-state index contributed by atoms with van der Waals surface area (Å²) in [5.74, 6) is 2.51. The van der Waals surface area contributed by atoms with Gasteiger partial charge in [0.2, 0.25) is 0 Å². The number of rotatable bonds is 2. The molecule has 0 spiro atoms. The van der Waals surface area contributed by atoms with Crippen LogP contribution in [0.5, 0.6) is 0 Å². The molecule has 0 N–H and O–H groups in total. The molecule has 0 aromatic carbocycles. The Morgan fingerprint density at radius 1 is 1.12 bits per heavy atom. The van der Waals surface area contributed by atoms with E-state index in [-0.39, 0.29) is 11.8 Å². The van der Waals surface area contributed by atoms with Gasteiger partial charge in [-0.3, -0.25) is 4.79 Å². The van der Waals surface area contributed by atoms with E-state index in [4.69, 9.17) is 0 Å². The lowest BCUT2D eigenvalue weighted by molar-refractivity contribution is 0.0697. The molecule has 1 unspecified atom stereocenters. The Bertz CT molecular complexity index is 769. The summed E-state index contributed by atoms with van der Waals surface area (Å²) in [6, 6.07) is 5.62. The molecule has 2 aliphatic rings. The summed E-state index contributed by atoms with van der Waals surface area (Å²) in [7, 11) is 0. The van der Waals surface area contributed by atoms with Crippen molar-refractivity contribution in [3.8, 4) is 0 Å². The first kappa shape index (κ1) is 16.2. The van der Waals surface area contributed by atoms with Crippen molar-refractivity contribution in [3.05, 3.63) is 41.2 Å². The van der Waals surface area contributed by atoms with Crippen LogP contribution in [0.4, 0.5) is 0 Å². The van der Waals surface area contributed by atoms with Gasteiger partial charge >= 0.3 is 0 Å². The normalized spacial score (nSPS) is 20.8. The molecule has 0 radical (unpaired) electrons. The summed E-state index contributed by atoms with van der Waals surface area (Å²) in [4.78, 5) is 19.2. The first-order valence-electron chi connectivity index (χ1n) is 9.37. The minimum atomic E-state index is 0.0315. The Kier molecular flexibility index (Phi) is 4.51. The standard InChI is InChI=1S/C19H25N5O/c1-14-7-5-9-16(20-14)19(25)23-11-6-8-15(13-23)18-22-21-17-10-3-2-4-12-24(17)18/h5,7,9,15H,2-4,6,8,10-13H2,1H3. The zero-order valence-corrected chi connectivity index (χ0v) is 14.8. The van der Waals surface area contributed by atoms with E-state index in [1.54, 1.807) is 0 Å². The molecular formula is C19H25N5O. The van der Waals surface area contributed by atoms with Crippen LogP contribution in [0.15, 0.2) is 18.2 Å². The van der Waals surface area contributed by atoms with Crippen molar-refractivity contribution in [1.29, 1.82) is 0 Å². The van der Waals surface area contributed by atoms with Gasteiger partial charge in [-0.2, -0.15) is 0 Å². The predicted octanol–water partition coefficient (Wildman–Crippen LogP) is 2.73. The molecule has 6 nitrogen and oxygen atoms in total. The summed E-state index contributed by atoms with van der Waals surface area (Å²) in [5, 5.41) is 8.93. The maximum Gasteiger partial charge on any atom is 0.272 e. The van der Waals surface area contributed by atoms with E-state index in [1.165, 1.54) is 19.3 Å². The van der Waals surface area contributed by atoms with Gasteiger partial charge in [0.1, 0.15) is 17.3 Å². The quantitative estimate of drug-likeness (QED) is 0.844. The van der Waals surface area contributed by atoms with Crippen molar-refractivity contribution in [2.45, 2.75) is 57.9 Å². The van der Waals surface area contributed by atoms with E-state index in [2.05, 4.69) is 19.7 Å². The number of likely N-dealkylation sites (tertiary alicyclic amines) is 1. The van der Waals surface area contributed by atoms with E-state index < -0.39 is 0 Å². The number of nitrogens with zero attached hydrogens (tertiary/aromatic N) is 5. The first-order valence-corrected chi connectivity index (χ1v) is 9.37. The molecule has 6 heteroatoms. The molecule has 1 amide bonds. The number of piperidine rings is 1. The van der Waals surface area contributed by atoms with Gasteiger partial charge in [-0.1, -0.05) is 12.5 Å². The van der Waals surface area contributed by atoms with Gasteiger partial charge in [0, 0.05) is 37.7 Å². The lowest BCUT2D eigenvalue weighted by Gasteiger charge is -2.32. The first-order chi connectivity index (χ1) is 12.2. The number of amides is 1. The van der Waals surface area contributed by atoms with Crippen molar-refractivity contribution in [3.63, 3.8) is 0 Å². The Balaban J connectivity index is 1.53. The number of carbonyl (C=O) groups excluding carboxylic acids is 1. The molecule has 0 saturated carbocycles. The highest BCUT2D eigenvalue weighted by Crippen LogP contribution is 2.28. The molecule has 2 aromatic rings. The summed E-state index contributed by atoms with van der Waals surface area (Å²) in [6.45, 7) is 4.45. The van der Waals surface area contributed by atoms with Gasteiger partial charge in [0.25, 0.3) is 5.91 Å². The number of hydrogen-bond donors (Lipinski definition) is 0. The lowest BCUT2D eigenvalue weighted by Crippen LogP contribution is -2.40. The smallest absolute Gasteiger partial charge is 0.272 e. The van der Waals surface area contributed by atoms with Crippen molar-refractivity contribution in [2.24, 2.45) is 0 Å². The van der Waals surface area contributed by atoms with Crippen LogP contribution in [0.25, 0.3) is 0 Å². The maximum absolute atomic E-state index is 12.8. The molecule has 4 heterocycles. The number of hydrogen-bond acceptors (Lipinski definition) is 4. The Labute approximate surface area is 148 Å². The molecule has 2 aromatic heterocycles. The van der Waals surface area contributed by atoms with Crippen molar-refractivity contribution in [2.75, 3.05) is 13.1 Å². The van der Waals surface area contributed by atoms with Crippen LogP contribution in [-0.2, 0) is 13.0 Å². The molecule has 4 rings (SSSR count). The van der Waals surface area contributed by atoms with Crippen molar-refractivity contribution < 1.29 is 4.79 Å². The Morgan fingerprint density at radius 3 is 2.92 bits per heavy atom. The summed E-state index contributed by atoms with van der Waals surface area (Å²) in [6.07, 6.45) is 6.76. The highest BCUT2D eigenvalue weighted by molar-refractivity contribution is 5.92. The number of carbonyl (C=O) groups is 1. The average Bonchev–Trinajstić information content (AvgIpc) is 2.90. The second kappa shape index (κ2) is 6.94. The highest BCUT2D eigenvalue weighted by atomic mass is 16.2. The van der Waals surface area contributed by atoms with Crippen LogP contribution in [0.1, 0.15) is 65.9 Å². The van der Waals surface area contributed by atoms with Crippen LogP contribution in [0, 0.1) is 6.92 Å². The van der Waals surface area contributed by atoms with E-state index >= 15 is 0 Å². The van der Waals surface area contributed by atoms with E-state index in [0.717, 1.165) is 49.7 Å².